The van der Waals surface area contributed by atoms with E-state index in [0.29, 0.717) is 59.7 Å². The van der Waals surface area contributed by atoms with E-state index < -0.39 is 56.2 Å². The Kier molecular flexibility index (Phi) is 15.3. The van der Waals surface area contributed by atoms with Gasteiger partial charge in [-0.15, -0.1) is 0 Å². The van der Waals surface area contributed by atoms with Gasteiger partial charge in [-0.3, -0.25) is 9.59 Å². The summed E-state index contributed by atoms with van der Waals surface area (Å²) in [7, 11) is -8.56. The molecule has 10 nitrogen and oxygen atoms in total. The van der Waals surface area contributed by atoms with Crippen molar-refractivity contribution < 1.29 is 48.4 Å². The third-order valence-corrected chi connectivity index (χ3v) is 19.3. The molecule has 4 aromatic rings. The summed E-state index contributed by atoms with van der Waals surface area (Å²) in [6, 6.07) is 16.0. The smallest absolute Gasteiger partial charge is 0.338 e. The number of carbonyl (C=O) groups is 2. The van der Waals surface area contributed by atoms with Gasteiger partial charge in [0.25, 0.3) is 0 Å². The number of fused-ring (bicyclic) bond motifs is 2. The van der Waals surface area contributed by atoms with Crippen molar-refractivity contribution in [3.63, 3.8) is 0 Å². The molecule has 2 aliphatic carbocycles. The maximum atomic E-state index is 14.5. The number of sulfonamides is 2. The summed E-state index contributed by atoms with van der Waals surface area (Å²) in [5.41, 5.74) is 3.59. The Morgan fingerprint density at radius 1 is 0.629 bits per heavy atom. The lowest BCUT2D eigenvalue weighted by molar-refractivity contribution is -0.173. The summed E-state index contributed by atoms with van der Waals surface area (Å²) >= 11 is 0. The first-order valence-electron chi connectivity index (χ1n) is 24.7. The highest BCUT2D eigenvalue weighted by Gasteiger charge is 2.50. The fraction of sp³-hybridized carbons (Fsp3) is 0.509. The van der Waals surface area contributed by atoms with Gasteiger partial charge in [-0.25, -0.2) is 25.6 Å². The average molecular weight is 1010 g/mol. The van der Waals surface area contributed by atoms with Gasteiger partial charge in [0.1, 0.15) is 17.7 Å². The highest BCUT2D eigenvalue weighted by molar-refractivity contribution is 7.89. The molecule has 4 aliphatic rings. The topological polar surface area (TPSA) is 115 Å². The largest absolute Gasteiger partial charge is 0.409 e. The number of alkyl halides is 3. The van der Waals surface area contributed by atoms with Crippen LogP contribution >= 0.6 is 0 Å². The molecular formula is C53H63F5N4O6S2. The number of carbonyl (C=O) groups excluding carboxylic acids is 2. The zero-order valence-corrected chi connectivity index (χ0v) is 41.8. The average Bonchev–Trinajstić information content (AvgIpc) is 4.29. The highest BCUT2D eigenvalue weighted by Crippen LogP contribution is 2.48. The zero-order valence-electron chi connectivity index (χ0n) is 40.2. The molecule has 8 rings (SSSR count). The van der Waals surface area contributed by atoms with E-state index in [1.807, 2.05) is 11.0 Å². The maximum Gasteiger partial charge on any atom is 0.409 e. The molecule has 5 unspecified atom stereocenters. The Morgan fingerprint density at radius 3 is 1.47 bits per heavy atom. The molecule has 2 fully saturated rings. The fourth-order valence-corrected chi connectivity index (χ4v) is 14.2. The molecule has 378 valence electrons. The molecule has 0 aromatic heterocycles. The van der Waals surface area contributed by atoms with Crippen molar-refractivity contribution in [2.24, 2.45) is 29.6 Å². The lowest BCUT2D eigenvalue weighted by Crippen LogP contribution is -2.42. The van der Waals surface area contributed by atoms with Crippen LogP contribution in [0.1, 0.15) is 118 Å². The molecule has 2 saturated carbocycles. The van der Waals surface area contributed by atoms with Crippen LogP contribution in [-0.2, 0) is 55.6 Å². The Balaban J connectivity index is 0.807. The number of hydrogen-bond donors (Lipinski definition) is 0. The van der Waals surface area contributed by atoms with Gasteiger partial charge >= 0.3 is 6.18 Å². The second-order valence-electron chi connectivity index (χ2n) is 19.7. The number of halogens is 5. The van der Waals surface area contributed by atoms with Gasteiger partial charge in [-0.05, 0) is 145 Å². The summed E-state index contributed by atoms with van der Waals surface area (Å²) in [5, 5.41) is 0. The minimum Gasteiger partial charge on any atom is -0.338 e. The van der Waals surface area contributed by atoms with Crippen LogP contribution in [0.25, 0.3) is 0 Å². The molecule has 7 atom stereocenters. The van der Waals surface area contributed by atoms with E-state index in [-0.39, 0.29) is 58.3 Å². The number of nitrogens with zero attached hydrogens (tertiary/aromatic N) is 4. The van der Waals surface area contributed by atoms with Crippen LogP contribution in [0.4, 0.5) is 22.0 Å². The fourth-order valence-electron chi connectivity index (χ4n) is 10.9. The van der Waals surface area contributed by atoms with Crippen molar-refractivity contribution in [1.29, 1.82) is 0 Å². The van der Waals surface area contributed by atoms with E-state index in [2.05, 4.69) is 6.92 Å². The quantitative estimate of drug-likeness (QED) is 0.0864. The van der Waals surface area contributed by atoms with E-state index in [4.69, 9.17) is 0 Å². The predicted octanol–water partition coefficient (Wildman–Crippen LogP) is 10.4. The highest BCUT2D eigenvalue weighted by atomic mass is 32.2. The molecule has 0 N–H and O–H groups in total. The Labute approximate surface area is 409 Å². The monoisotopic (exact) mass is 1010 g/mol. The van der Waals surface area contributed by atoms with Gasteiger partial charge in [-0.1, -0.05) is 76.4 Å². The molecular weight excluding hydrogens is 948 g/mol. The molecule has 0 radical (unpaired) electrons. The summed E-state index contributed by atoms with van der Waals surface area (Å²) < 4.78 is 128. The van der Waals surface area contributed by atoms with E-state index in [9.17, 15) is 48.4 Å². The van der Waals surface area contributed by atoms with Crippen LogP contribution in [0.3, 0.4) is 0 Å². The van der Waals surface area contributed by atoms with E-state index >= 15 is 0 Å². The number of rotatable bonds is 19. The molecule has 0 bridgehead atoms. The first kappa shape index (κ1) is 51.6. The third-order valence-electron chi connectivity index (χ3n) is 15.4. The summed E-state index contributed by atoms with van der Waals surface area (Å²) in [6.45, 7) is 8.38. The number of amides is 2. The van der Waals surface area contributed by atoms with Crippen molar-refractivity contribution in [2.45, 2.75) is 127 Å². The van der Waals surface area contributed by atoms with Crippen molar-refractivity contribution in [3.05, 3.63) is 130 Å². The lowest BCUT2D eigenvalue weighted by Gasteiger charge is -2.33. The van der Waals surface area contributed by atoms with Crippen LogP contribution in [0.15, 0.2) is 94.7 Å². The van der Waals surface area contributed by atoms with Gasteiger partial charge in [0, 0.05) is 57.1 Å². The van der Waals surface area contributed by atoms with Crippen molar-refractivity contribution in [2.75, 3.05) is 26.2 Å². The van der Waals surface area contributed by atoms with Gasteiger partial charge in [0.2, 0.25) is 31.9 Å². The van der Waals surface area contributed by atoms with Gasteiger partial charge in [0.05, 0.1) is 9.79 Å². The van der Waals surface area contributed by atoms with Crippen molar-refractivity contribution in [1.82, 2.24) is 18.4 Å². The van der Waals surface area contributed by atoms with Gasteiger partial charge in [-0.2, -0.15) is 21.8 Å². The summed E-state index contributed by atoms with van der Waals surface area (Å²) in [6.07, 6.45) is 2.57. The van der Waals surface area contributed by atoms with Crippen LogP contribution in [0.5, 0.6) is 0 Å². The molecule has 2 heterocycles. The Morgan fingerprint density at radius 2 is 1.06 bits per heavy atom. The minimum atomic E-state index is -4.97. The van der Waals surface area contributed by atoms with Crippen LogP contribution in [0.2, 0.25) is 0 Å². The first-order valence-corrected chi connectivity index (χ1v) is 27.6. The van der Waals surface area contributed by atoms with Crippen LogP contribution in [0, 0.1) is 41.2 Å². The van der Waals surface area contributed by atoms with Gasteiger partial charge < -0.3 is 9.80 Å². The zero-order chi connectivity index (χ0) is 50.3. The molecule has 2 aliphatic heterocycles. The second kappa shape index (κ2) is 20.8. The maximum absolute atomic E-state index is 14.5. The van der Waals surface area contributed by atoms with Crippen molar-refractivity contribution in [3.8, 4) is 0 Å². The second-order valence-corrected chi connectivity index (χ2v) is 23.4. The van der Waals surface area contributed by atoms with E-state index in [1.54, 1.807) is 49.1 Å². The van der Waals surface area contributed by atoms with Crippen molar-refractivity contribution >= 4 is 31.9 Å². The molecule has 0 saturated heterocycles. The summed E-state index contributed by atoms with van der Waals surface area (Å²) in [5.74, 6) is -0.167. The first-order chi connectivity index (χ1) is 33.2. The molecule has 0 spiro atoms. The number of benzene rings is 4. The molecule has 2 amide bonds. The van der Waals surface area contributed by atoms with Crippen LogP contribution in [-0.4, -0.2) is 79.4 Å². The minimum absolute atomic E-state index is 0.0116. The lowest BCUT2D eigenvalue weighted by atomic mass is 9.92. The van der Waals surface area contributed by atoms with Gasteiger partial charge in [0.15, 0.2) is 0 Å². The van der Waals surface area contributed by atoms with E-state index in [0.717, 1.165) is 85.9 Å². The Hall–Kier alpha value is -4.71. The molecule has 70 heavy (non-hydrogen) atoms. The molecule has 17 heteroatoms. The summed E-state index contributed by atoms with van der Waals surface area (Å²) in [4.78, 5) is 31.1. The normalized spacial score (nSPS) is 21.5. The predicted molar refractivity (Wildman–Crippen MR) is 256 cm³/mol. The number of hydrogen-bond acceptors (Lipinski definition) is 6. The van der Waals surface area contributed by atoms with E-state index in [1.165, 1.54) is 35.5 Å². The Bertz CT molecular complexity index is 2770. The standard InChI is InChI=1S/C53H63F5N4O6S2/c1-5-35(8-10-40-30-48(40)51(63)59-26-24-37-16-22-46(28-42(37)32-59)69(65,66)61(6-2)34(4)36-12-18-44(54)19-13-36)9-11-41-31-49(41)52(64)60-27-25-38-17-23-47(29-43(38)33-60)70(67,68)62(7-3)50(53(56,57)58)39-14-20-45(55)21-15-39/h12-23,28-29,34-35,40-41,48-50H,5-11,24-27,30-33H2,1-4H3/t34-,35?,40?,41?,48?,49?,50-/m1/s1. The third kappa shape index (κ3) is 11.0. The molecule has 4 aromatic carbocycles. The van der Waals surface area contributed by atoms with Crippen LogP contribution < -0.4 is 0 Å². The SMILES string of the molecule is CCC(CCC1CC1C(=O)N1CCc2ccc(S(=O)(=O)N(CC)[C@H](C)c3ccc(F)cc3)cc2C1)CCC1CC1C(=O)N1CCc2ccc(S(=O)(=O)N(CC)[C@H](c3ccc(F)cc3)C(F)(F)F)cc2C1.